The molecule has 0 atom stereocenters. The summed E-state index contributed by atoms with van der Waals surface area (Å²) >= 11 is 0. The van der Waals surface area contributed by atoms with Crippen LogP contribution in [0.4, 0.5) is 0 Å². The molecule has 4 rings (SSSR count). The minimum Gasteiger partial charge on any atom is -0.508 e. The highest BCUT2D eigenvalue weighted by Crippen LogP contribution is 2.28. The van der Waals surface area contributed by atoms with E-state index in [0.717, 1.165) is 47.0 Å². The first-order valence-corrected chi connectivity index (χ1v) is 10.6. The number of aromatic nitrogens is 1. The van der Waals surface area contributed by atoms with Crippen LogP contribution in [0.15, 0.2) is 53.4 Å². The molecule has 0 aliphatic carbocycles. The molecule has 0 spiro atoms. The first-order chi connectivity index (χ1) is 12.9. The zero-order valence-electron chi connectivity index (χ0n) is 15.2. The second-order valence-electron chi connectivity index (χ2n) is 7.01. The number of hydrogen-bond acceptors (Lipinski definition) is 4. The smallest absolute Gasteiger partial charge is 0.243 e. The van der Waals surface area contributed by atoms with E-state index in [-0.39, 0.29) is 5.75 Å². The van der Waals surface area contributed by atoms with Gasteiger partial charge in [-0.3, -0.25) is 0 Å². The fraction of sp³-hybridized carbons (Fsp3) is 0.286. The van der Waals surface area contributed by atoms with Crippen LogP contribution in [0.3, 0.4) is 0 Å². The molecule has 1 aliphatic rings. The number of sulfonamides is 1. The molecule has 1 fully saturated rings. The molecule has 5 nitrogen and oxygen atoms in total. The highest BCUT2D eigenvalue weighted by atomic mass is 32.2. The van der Waals surface area contributed by atoms with Crippen molar-refractivity contribution < 1.29 is 13.5 Å². The van der Waals surface area contributed by atoms with Crippen molar-refractivity contribution in [3.63, 3.8) is 0 Å². The topological polar surface area (TPSA) is 70.5 Å². The zero-order valence-corrected chi connectivity index (χ0v) is 16.0. The molecular formula is C21H22N2O3S. The van der Waals surface area contributed by atoms with Crippen LogP contribution in [-0.4, -0.2) is 35.9 Å². The van der Waals surface area contributed by atoms with Crippen LogP contribution in [0.5, 0.6) is 5.75 Å². The average Bonchev–Trinajstić information content (AvgIpc) is 2.68. The number of aromatic hydroxyl groups is 1. The number of piperidine rings is 1. The largest absolute Gasteiger partial charge is 0.508 e. The van der Waals surface area contributed by atoms with Crippen molar-refractivity contribution in [2.75, 3.05) is 13.1 Å². The van der Waals surface area contributed by atoms with Gasteiger partial charge in [-0.25, -0.2) is 13.4 Å². The molecule has 1 aliphatic heterocycles. The Morgan fingerprint density at radius 1 is 0.963 bits per heavy atom. The second kappa shape index (κ2) is 6.94. The fourth-order valence-electron chi connectivity index (χ4n) is 3.59. The lowest BCUT2D eigenvalue weighted by molar-refractivity contribution is 0.346. The molecule has 0 unspecified atom stereocenters. The Hall–Kier alpha value is -2.44. The van der Waals surface area contributed by atoms with Crippen molar-refractivity contribution in [3.8, 4) is 17.0 Å². The van der Waals surface area contributed by atoms with Gasteiger partial charge in [-0.2, -0.15) is 4.31 Å². The molecule has 1 aromatic heterocycles. The van der Waals surface area contributed by atoms with Gasteiger partial charge in [-0.15, -0.1) is 0 Å². The highest BCUT2D eigenvalue weighted by molar-refractivity contribution is 7.89. The van der Waals surface area contributed by atoms with Crippen LogP contribution in [0.2, 0.25) is 0 Å². The lowest BCUT2D eigenvalue weighted by atomic mass is 10.1. The Morgan fingerprint density at radius 2 is 1.67 bits per heavy atom. The first-order valence-electron chi connectivity index (χ1n) is 9.16. The van der Waals surface area contributed by atoms with Crippen molar-refractivity contribution in [1.82, 2.24) is 9.29 Å². The lowest BCUT2D eigenvalue weighted by Gasteiger charge is -2.25. The Kier molecular flexibility index (Phi) is 4.61. The monoisotopic (exact) mass is 382 g/mol. The van der Waals surface area contributed by atoms with Crippen molar-refractivity contribution in [2.24, 2.45) is 0 Å². The number of pyridine rings is 1. The molecule has 0 saturated carbocycles. The number of phenolic OH excluding ortho intramolecular Hbond substituents is 1. The minimum absolute atomic E-state index is 0.175. The Labute approximate surface area is 159 Å². The molecule has 27 heavy (non-hydrogen) atoms. The normalized spacial score (nSPS) is 15.9. The summed E-state index contributed by atoms with van der Waals surface area (Å²) in [5.41, 5.74) is 3.38. The third-order valence-electron chi connectivity index (χ3n) is 5.10. The van der Waals surface area contributed by atoms with Gasteiger partial charge >= 0.3 is 0 Å². The van der Waals surface area contributed by atoms with E-state index in [2.05, 4.69) is 4.98 Å². The van der Waals surface area contributed by atoms with E-state index in [4.69, 9.17) is 0 Å². The minimum atomic E-state index is -3.43. The van der Waals surface area contributed by atoms with Crippen molar-refractivity contribution >= 4 is 20.9 Å². The number of fused-ring (bicyclic) bond motifs is 1. The third kappa shape index (κ3) is 3.42. The molecule has 140 valence electrons. The van der Waals surface area contributed by atoms with Gasteiger partial charge in [-0.05, 0) is 55.7 Å². The third-order valence-corrected chi connectivity index (χ3v) is 7.02. The van der Waals surface area contributed by atoms with Crippen LogP contribution in [0.1, 0.15) is 24.8 Å². The van der Waals surface area contributed by atoms with Crippen LogP contribution >= 0.6 is 0 Å². The maximum atomic E-state index is 12.8. The predicted octanol–water partition coefficient (Wildman–Crippen LogP) is 4.09. The van der Waals surface area contributed by atoms with E-state index in [0.29, 0.717) is 18.0 Å². The van der Waals surface area contributed by atoms with E-state index in [1.807, 2.05) is 19.1 Å². The van der Waals surface area contributed by atoms with Crippen molar-refractivity contribution in [3.05, 3.63) is 54.1 Å². The fourth-order valence-corrected chi connectivity index (χ4v) is 5.11. The summed E-state index contributed by atoms with van der Waals surface area (Å²) < 4.78 is 27.1. The molecule has 1 saturated heterocycles. The molecule has 6 heteroatoms. The Morgan fingerprint density at radius 3 is 2.37 bits per heavy atom. The number of rotatable bonds is 3. The molecular weight excluding hydrogens is 360 g/mol. The summed E-state index contributed by atoms with van der Waals surface area (Å²) in [5, 5.41) is 10.7. The van der Waals surface area contributed by atoms with E-state index in [1.54, 1.807) is 40.7 Å². The van der Waals surface area contributed by atoms with Gasteiger partial charge in [-0.1, -0.05) is 18.6 Å². The van der Waals surface area contributed by atoms with Gasteiger partial charge in [0.2, 0.25) is 10.0 Å². The van der Waals surface area contributed by atoms with E-state index >= 15 is 0 Å². The lowest BCUT2D eigenvalue weighted by Crippen LogP contribution is -2.35. The van der Waals surface area contributed by atoms with Crippen LogP contribution in [0, 0.1) is 6.92 Å². The molecule has 2 heterocycles. The number of hydrogen-bond donors (Lipinski definition) is 1. The summed E-state index contributed by atoms with van der Waals surface area (Å²) in [6, 6.07) is 14.0. The molecule has 3 aromatic rings. The molecule has 0 radical (unpaired) electrons. The van der Waals surface area contributed by atoms with Gasteiger partial charge in [0, 0.05) is 30.1 Å². The second-order valence-corrected chi connectivity index (χ2v) is 8.95. The SMILES string of the molecule is Cc1cc(-c2ccc(S(=O)(=O)N3CCCCC3)cc2)nc2cc(O)ccc12. The quantitative estimate of drug-likeness (QED) is 0.741. The summed E-state index contributed by atoms with van der Waals surface area (Å²) in [6.45, 7) is 3.19. The summed E-state index contributed by atoms with van der Waals surface area (Å²) in [4.78, 5) is 4.95. The average molecular weight is 382 g/mol. The number of benzene rings is 2. The van der Waals surface area contributed by atoms with Gasteiger partial charge in [0.05, 0.1) is 16.1 Å². The van der Waals surface area contributed by atoms with Gasteiger partial charge in [0.15, 0.2) is 0 Å². The predicted molar refractivity (Wildman–Crippen MR) is 106 cm³/mol. The Balaban J connectivity index is 1.69. The number of aryl methyl sites for hydroxylation is 1. The summed E-state index contributed by atoms with van der Waals surface area (Å²) in [5.74, 6) is 0.175. The molecule has 0 bridgehead atoms. The molecule has 2 aromatic carbocycles. The molecule has 1 N–H and O–H groups in total. The highest BCUT2D eigenvalue weighted by Gasteiger charge is 2.25. The molecule has 0 amide bonds. The summed E-state index contributed by atoms with van der Waals surface area (Å²) in [6.07, 6.45) is 2.93. The van der Waals surface area contributed by atoms with Crippen LogP contribution in [-0.2, 0) is 10.0 Å². The standard InChI is InChI=1S/C21H22N2O3S/c1-15-13-20(22-21-14-17(24)7-10-19(15)21)16-5-8-18(9-6-16)27(25,26)23-11-3-2-4-12-23/h5-10,13-14,24H,2-4,11-12H2,1H3. The van der Waals surface area contributed by atoms with Crippen LogP contribution in [0.25, 0.3) is 22.2 Å². The first kappa shape index (κ1) is 17.9. The maximum Gasteiger partial charge on any atom is 0.243 e. The van der Waals surface area contributed by atoms with Gasteiger partial charge in [0.25, 0.3) is 0 Å². The number of nitrogens with zero attached hydrogens (tertiary/aromatic N) is 2. The maximum absolute atomic E-state index is 12.8. The Bertz CT molecular complexity index is 1090. The van der Waals surface area contributed by atoms with E-state index in [1.165, 1.54) is 0 Å². The van der Waals surface area contributed by atoms with Crippen molar-refractivity contribution in [2.45, 2.75) is 31.1 Å². The van der Waals surface area contributed by atoms with E-state index in [9.17, 15) is 13.5 Å². The number of phenols is 1. The zero-order chi connectivity index (χ0) is 19.0. The summed E-state index contributed by atoms with van der Waals surface area (Å²) in [7, 11) is -3.43. The van der Waals surface area contributed by atoms with Crippen LogP contribution < -0.4 is 0 Å². The van der Waals surface area contributed by atoms with Gasteiger partial charge in [0.1, 0.15) is 5.75 Å². The van der Waals surface area contributed by atoms with Crippen molar-refractivity contribution in [1.29, 1.82) is 0 Å². The van der Waals surface area contributed by atoms with E-state index < -0.39 is 10.0 Å². The van der Waals surface area contributed by atoms with Gasteiger partial charge < -0.3 is 5.11 Å².